The van der Waals surface area contributed by atoms with Crippen molar-refractivity contribution in [2.45, 2.75) is 6.92 Å². The second-order valence-electron chi connectivity index (χ2n) is 5.79. The number of benzene rings is 2. The van der Waals surface area contributed by atoms with Crippen LogP contribution in [0.1, 0.15) is 5.56 Å². The van der Waals surface area contributed by atoms with Crippen molar-refractivity contribution in [3.05, 3.63) is 54.2 Å². The lowest BCUT2D eigenvalue weighted by Gasteiger charge is -2.12. The molecule has 2 aromatic carbocycles. The van der Waals surface area contributed by atoms with Crippen LogP contribution in [0.5, 0.6) is 17.2 Å². The first-order valence-corrected chi connectivity index (χ1v) is 8.13. The minimum Gasteiger partial charge on any atom is -0.495 e. The lowest BCUT2D eigenvalue weighted by atomic mass is 10.2. The Labute approximate surface area is 151 Å². The van der Waals surface area contributed by atoms with Crippen molar-refractivity contribution < 1.29 is 14.2 Å². The molecule has 2 heterocycles. The number of fused-ring (bicyclic) bond motifs is 1. The van der Waals surface area contributed by atoms with Gasteiger partial charge in [-0.1, -0.05) is 6.07 Å². The fourth-order valence-corrected chi connectivity index (χ4v) is 2.65. The lowest BCUT2D eigenvalue weighted by Crippen LogP contribution is -2.02. The maximum atomic E-state index is 5.40. The van der Waals surface area contributed by atoms with Crippen LogP contribution in [0.4, 0.5) is 23.1 Å². The summed E-state index contributed by atoms with van der Waals surface area (Å²) in [6.07, 6.45) is 1.69. The fourth-order valence-electron chi connectivity index (χ4n) is 2.65. The average Bonchev–Trinajstić information content (AvgIpc) is 3.10. The number of methoxy groups -OCH3 is 1. The van der Waals surface area contributed by atoms with E-state index in [9.17, 15) is 0 Å². The Morgan fingerprint density at radius 3 is 2.77 bits per heavy atom. The zero-order chi connectivity index (χ0) is 17.9. The van der Waals surface area contributed by atoms with Crippen LogP contribution in [0.2, 0.25) is 0 Å². The first-order chi connectivity index (χ1) is 12.7. The molecule has 3 aromatic rings. The Bertz CT molecular complexity index is 946. The number of anilines is 4. The number of ether oxygens (including phenoxy) is 3. The second kappa shape index (κ2) is 6.79. The van der Waals surface area contributed by atoms with Crippen LogP contribution in [0.15, 0.2) is 48.7 Å². The van der Waals surface area contributed by atoms with Gasteiger partial charge in [-0.05, 0) is 42.8 Å². The van der Waals surface area contributed by atoms with Gasteiger partial charge in [0.25, 0.3) is 0 Å². The number of aryl methyl sites for hydroxylation is 1. The summed E-state index contributed by atoms with van der Waals surface area (Å²) in [6.45, 7) is 2.27. The van der Waals surface area contributed by atoms with Crippen LogP contribution in [0, 0.1) is 6.92 Å². The number of nitrogens with one attached hydrogen (secondary N) is 2. The molecule has 1 aliphatic heterocycles. The molecular weight excluding hydrogens is 332 g/mol. The van der Waals surface area contributed by atoms with E-state index in [1.54, 1.807) is 19.4 Å². The van der Waals surface area contributed by atoms with E-state index in [0.717, 1.165) is 28.4 Å². The van der Waals surface area contributed by atoms with Gasteiger partial charge in [0.15, 0.2) is 11.5 Å². The molecule has 0 fully saturated rings. The van der Waals surface area contributed by atoms with Crippen molar-refractivity contribution in [2.24, 2.45) is 0 Å². The van der Waals surface area contributed by atoms with Crippen molar-refractivity contribution in [3.8, 4) is 17.2 Å². The number of hydrogen-bond acceptors (Lipinski definition) is 7. The van der Waals surface area contributed by atoms with Crippen molar-refractivity contribution in [1.82, 2.24) is 9.97 Å². The molecule has 2 N–H and O–H groups in total. The largest absolute Gasteiger partial charge is 0.495 e. The molecule has 1 aromatic heterocycles. The first-order valence-electron chi connectivity index (χ1n) is 8.13. The van der Waals surface area contributed by atoms with Gasteiger partial charge in [0.05, 0.1) is 12.8 Å². The van der Waals surface area contributed by atoms with Crippen LogP contribution in [0.3, 0.4) is 0 Å². The fraction of sp³-hybridized carbons (Fsp3) is 0.158. The summed E-state index contributed by atoms with van der Waals surface area (Å²) in [5.41, 5.74) is 2.78. The van der Waals surface area contributed by atoms with Crippen molar-refractivity contribution in [2.75, 3.05) is 24.5 Å². The molecule has 0 aliphatic carbocycles. The normalized spacial score (nSPS) is 11.9. The van der Waals surface area contributed by atoms with Gasteiger partial charge in [-0.2, -0.15) is 4.98 Å². The van der Waals surface area contributed by atoms with E-state index in [0.29, 0.717) is 17.5 Å². The highest BCUT2D eigenvalue weighted by atomic mass is 16.7. The van der Waals surface area contributed by atoms with Gasteiger partial charge in [0, 0.05) is 18.0 Å². The monoisotopic (exact) mass is 350 g/mol. The summed E-state index contributed by atoms with van der Waals surface area (Å²) in [5.74, 6) is 3.32. The molecule has 7 heteroatoms. The Hall–Kier alpha value is -3.48. The first kappa shape index (κ1) is 16.0. The molecule has 1 aliphatic rings. The van der Waals surface area contributed by atoms with E-state index in [1.165, 1.54) is 0 Å². The Morgan fingerprint density at radius 2 is 1.88 bits per heavy atom. The van der Waals surface area contributed by atoms with Gasteiger partial charge in [-0.3, -0.25) is 0 Å². The molecule has 7 nitrogen and oxygen atoms in total. The quantitative estimate of drug-likeness (QED) is 0.720. The summed E-state index contributed by atoms with van der Waals surface area (Å²) < 4.78 is 16.1. The number of aromatic nitrogens is 2. The topological polar surface area (TPSA) is 77.5 Å². The van der Waals surface area contributed by atoms with E-state index in [1.807, 2.05) is 43.3 Å². The third kappa shape index (κ3) is 3.32. The smallest absolute Gasteiger partial charge is 0.231 e. The summed E-state index contributed by atoms with van der Waals surface area (Å²) in [6, 6.07) is 13.3. The highest BCUT2D eigenvalue weighted by Gasteiger charge is 2.13. The van der Waals surface area contributed by atoms with Gasteiger partial charge in [-0.25, -0.2) is 4.98 Å². The maximum Gasteiger partial charge on any atom is 0.231 e. The second-order valence-corrected chi connectivity index (χ2v) is 5.79. The Balaban J connectivity index is 1.54. The zero-order valence-electron chi connectivity index (χ0n) is 14.4. The molecule has 0 radical (unpaired) electrons. The van der Waals surface area contributed by atoms with E-state index in [2.05, 4.69) is 20.6 Å². The highest BCUT2D eigenvalue weighted by molar-refractivity contribution is 5.66. The molecule has 26 heavy (non-hydrogen) atoms. The third-order valence-corrected chi connectivity index (χ3v) is 3.90. The molecule has 0 saturated carbocycles. The SMILES string of the molecule is COc1ccc(C)cc1Nc1nccc(Nc2ccc3c(c2)OCO3)n1. The summed E-state index contributed by atoms with van der Waals surface area (Å²) in [4.78, 5) is 8.78. The van der Waals surface area contributed by atoms with Crippen LogP contribution >= 0.6 is 0 Å². The van der Waals surface area contributed by atoms with Crippen LogP contribution in [-0.2, 0) is 0 Å². The van der Waals surface area contributed by atoms with Crippen molar-refractivity contribution >= 4 is 23.1 Å². The molecule has 0 atom stereocenters. The van der Waals surface area contributed by atoms with E-state index < -0.39 is 0 Å². The number of nitrogens with zero attached hydrogens (tertiary/aromatic N) is 2. The number of hydrogen-bond donors (Lipinski definition) is 2. The lowest BCUT2D eigenvalue weighted by molar-refractivity contribution is 0.174. The van der Waals surface area contributed by atoms with Gasteiger partial charge in [0.1, 0.15) is 11.6 Å². The van der Waals surface area contributed by atoms with E-state index >= 15 is 0 Å². The van der Waals surface area contributed by atoms with Crippen LogP contribution in [0.25, 0.3) is 0 Å². The molecule has 0 amide bonds. The van der Waals surface area contributed by atoms with Gasteiger partial charge in [0.2, 0.25) is 12.7 Å². The molecule has 0 bridgehead atoms. The molecule has 0 unspecified atom stereocenters. The van der Waals surface area contributed by atoms with E-state index in [4.69, 9.17) is 14.2 Å². The third-order valence-electron chi connectivity index (χ3n) is 3.90. The van der Waals surface area contributed by atoms with Crippen molar-refractivity contribution in [3.63, 3.8) is 0 Å². The Morgan fingerprint density at radius 1 is 1.00 bits per heavy atom. The predicted molar refractivity (Wildman–Crippen MR) is 98.9 cm³/mol. The van der Waals surface area contributed by atoms with Crippen LogP contribution in [-0.4, -0.2) is 23.9 Å². The zero-order valence-corrected chi connectivity index (χ0v) is 14.4. The predicted octanol–water partition coefficient (Wildman–Crippen LogP) is 4.01. The summed E-state index contributed by atoms with van der Waals surface area (Å²) in [7, 11) is 1.63. The Kier molecular flexibility index (Phi) is 4.18. The minimum atomic E-state index is 0.249. The van der Waals surface area contributed by atoms with Gasteiger partial charge in [-0.15, -0.1) is 0 Å². The van der Waals surface area contributed by atoms with E-state index in [-0.39, 0.29) is 6.79 Å². The summed E-state index contributed by atoms with van der Waals surface area (Å²) >= 11 is 0. The van der Waals surface area contributed by atoms with Gasteiger partial charge < -0.3 is 24.8 Å². The standard InChI is InChI=1S/C19H18N4O3/c1-12-3-5-15(24-2)14(9-12)22-19-20-8-7-18(23-19)21-13-4-6-16-17(10-13)26-11-25-16/h3-10H,11H2,1-2H3,(H2,20,21,22,23). The highest BCUT2D eigenvalue weighted by Crippen LogP contribution is 2.35. The van der Waals surface area contributed by atoms with Crippen molar-refractivity contribution in [1.29, 1.82) is 0 Å². The molecule has 4 rings (SSSR count). The van der Waals surface area contributed by atoms with Gasteiger partial charge >= 0.3 is 0 Å². The molecule has 0 spiro atoms. The molecule has 0 saturated heterocycles. The van der Waals surface area contributed by atoms with Crippen LogP contribution < -0.4 is 24.8 Å². The molecular formula is C19H18N4O3. The molecule has 132 valence electrons. The average molecular weight is 350 g/mol. The number of rotatable bonds is 5. The minimum absolute atomic E-state index is 0.249. The summed E-state index contributed by atoms with van der Waals surface area (Å²) in [5, 5.41) is 6.44. The maximum absolute atomic E-state index is 5.40.